The molecule has 44 heavy (non-hydrogen) atoms. The van der Waals surface area contributed by atoms with Gasteiger partial charge >= 0.3 is 13.7 Å². The molecule has 1 aromatic carbocycles. The topological polar surface area (TPSA) is 204 Å². The number of fused-ring (bicyclic) bond motifs is 1. The lowest BCUT2D eigenvalue weighted by atomic mass is 9.96. The summed E-state index contributed by atoms with van der Waals surface area (Å²) < 4.78 is 38.5. The summed E-state index contributed by atoms with van der Waals surface area (Å²) in [6.45, 7) is 0.682. The predicted molar refractivity (Wildman–Crippen MR) is 157 cm³/mol. The molecule has 0 spiro atoms. The highest BCUT2D eigenvalue weighted by Crippen LogP contribution is 2.48. The molecule has 0 bridgehead atoms. The lowest BCUT2D eigenvalue weighted by molar-refractivity contribution is -0.151. The Balaban J connectivity index is 1.34. The number of ether oxygens (including phenoxy) is 2. The Hall–Kier alpha value is -3.57. The first kappa shape index (κ1) is 31.8. The molecule has 1 unspecified atom stereocenters. The van der Waals surface area contributed by atoms with Gasteiger partial charge in [-0.05, 0) is 56.9 Å². The van der Waals surface area contributed by atoms with Gasteiger partial charge in [0.2, 0.25) is 5.60 Å². The van der Waals surface area contributed by atoms with Crippen LogP contribution in [0.3, 0.4) is 0 Å². The maximum atomic E-state index is 14.1. The van der Waals surface area contributed by atoms with E-state index >= 15 is 0 Å². The van der Waals surface area contributed by atoms with E-state index in [4.69, 9.17) is 24.3 Å². The molecule has 3 heterocycles. The van der Waals surface area contributed by atoms with Crippen molar-refractivity contribution in [2.75, 3.05) is 12.3 Å². The number of aliphatic hydroxyl groups is 2. The third-order valence-electron chi connectivity index (χ3n) is 7.90. The molecule has 5 N–H and O–H groups in total. The summed E-state index contributed by atoms with van der Waals surface area (Å²) in [6.07, 6.45) is 3.15. The van der Waals surface area contributed by atoms with E-state index in [1.54, 1.807) is 42.5 Å². The molecule has 2 aromatic heterocycles. The molecule has 0 amide bonds. The highest BCUT2D eigenvalue weighted by molar-refractivity contribution is 7.52. The largest absolute Gasteiger partial charge is 0.461 e. The fraction of sp³-hybridized carbons (Fsp3) is 0.517. The molecular formula is C29H37N6O8P. The van der Waals surface area contributed by atoms with Crippen molar-refractivity contribution in [2.24, 2.45) is 0 Å². The number of benzene rings is 1. The van der Waals surface area contributed by atoms with Crippen LogP contribution in [-0.4, -0.2) is 67.3 Å². The quantitative estimate of drug-likeness (QED) is 0.188. The number of esters is 1. The van der Waals surface area contributed by atoms with Crippen LogP contribution in [-0.2, 0) is 23.4 Å². The molecule has 14 nitrogen and oxygen atoms in total. The van der Waals surface area contributed by atoms with Gasteiger partial charge in [0.1, 0.15) is 60.7 Å². The first-order valence-corrected chi connectivity index (χ1v) is 16.2. The highest BCUT2D eigenvalue weighted by atomic mass is 31.2. The Kier molecular flexibility index (Phi) is 9.84. The molecule has 1 aliphatic carbocycles. The van der Waals surface area contributed by atoms with Crippen LogP contribution >= 0.6 is 7.75 Å². The summed E-state index contributed by atoms with van der Waals surface area (Å²) in [7, 11) is -4.42. The van der Waals surface area contributed by atoms with Crippen molar-refractivity contribution in [2.45, 2.75) is 87.9 Å². The number of para-hydroxylation sites is 1. The first-order chi connectivity index (χ1) is 21.1. The van der Waals surface area contributed by atoms with E-state index < -0.39 is 50.3 Å². The minimum atomic E-state index is -4.42. The number of nitrogen functional groups attached to an aromatic ring is 1. The zero-order valence-corrected chi connectivity index (χ0v) is 25.2. The zero-order valence-electron chi connectivity index (χ0n) is 24.3. The van der Waals surface area contributed by atoms with Crippen LogP contribution in [0, 0.1) is 11.3 Å². The Morgan fingerprint density at radius 3 is 2.61 bits per heavy atom. The summed E-state index contributed by atoms with van der Waals surface area (Å²) in [5.41, 5.74) is 4.47. The molecule has 2 fully saturated rings. The van der Waals surface area contributed by atoms with Gasteiger partial charge in [-0.1, -0.05) is 37.5 Å². The number of anilines is 1. The maximum Gasteiger partial charge on any atom is 0.459 e. The molecule has 3 aromatic rings. The van der Waals surface area contributed by atoms with Crippen LogP contribution in [0.5, 0.6) is 5.75 Å². The number of nitriles is 1. The average molecular weight is 629 g/mol. The van der Waals surface area contributed by atoms with Crippen molar-refractivity contribution in [1.29, 1.82) is 5.26 Å². The van der Waals surface area contributed by atoms with E-state index in [1.165, 1.54) is 24.2 Å². The molecule has 1 saturated carbocycles. The summed E-state index contributed by atoms with van der Waals surface area (Å²) in [4.78, 5) is 17.0. The van der Waals surface area contributed by atoms with Crippen LogP contribution < -0.4 is 15.3 Å². The summed E-state index contributed by atoms with van der Waals surface area (Å²) in [6, 6.07) is 12.1. The van der Waals surface area contributed by atoms with Crippen molar-refractivity contribution in [3.8, 4) is 11.8 Å². The monoisotopic (exact) mass is 628 g/mol. The fourth-order valence-corrected chi connectivity index (χ4v) is 6.98. The number of carbonyl (C=O) groups is 1. The number of hydrogen-bond donors (Lipinski definition) is 4. The molecular weight excluding hydrogens is 591 g/mol. The van der Waals surface area contributed by atoms with E-state index in [2.05, 4.69) is 15.2 Å². The number of hydrogen-bond acceptors (Lipinski definition) is 12. The van der Waals surface area contributed by atoms with Crippen LogP contribution in [0.2, 0.25) is 0 Å². The second kappa shape index (κ2) is 13.6. The molecule has 1 aliphatic heterocycles. The smallest absolute Gasteiger partial charge is 0.459 e. The minimum absolute atomic E-state index is 0.164. The van der Waals surface area contributed by atoms with Gasteiger partial charge in [0, 0.05) is 0 Å². The number of aliphatic hydroxyl groups excluding tert-OH is 2. The molecule has 15 heteroatoms. The molecule has 5 rings (SSSR count). The minimum Gasteiger partial charge on any atom is -0.461 e. The molecule has 6 atom stereocenters. The van der Waals surface area contributed by atoms with E-state index in [0.29, 0.717) is 11.2 Å². The van der Waals surface area contributed by atoms with Crippen molar-refractivity contribution in [1.82, 2.24) is 19.7 Å². The Morgan fingerprint density at radius 1 is 1.20 bits per heavy atom. The van der Waals surface area contributed by atoms with Crippen molar-refractivity contribution >= 4 is 25.1 Å². The van der Waals surface area contributed by atoms with E-state index in [0.717, 1.165) is 38.5 Å². The van der Waals surface area contributed by atoms with Crippen molar-refractivity contribution < 1.29 is 38.1 Å². The Labute approximate surface area is 254 Å². The second-order valence-corrected chi connectivity index (χ2v) is 12.8. The lowest BCUT2D eigenvalue weighted by Crippen LogP contribution is -2.46. The fourth-order valence-electron chi connectivity index (χ4n) is 5.46. The number of rotatable bonds is 10. The number of nitrogens with zero attached hydrogens (tertiary/aromatic N) is 4. The normalized spacial score (nSPS) is 26.6. The number of carbonyl (C=O) groups excluding carboxylic acids is 1. The van der Waals surface area contributed by atoms with E-state index in [-0.39, 0.29) is 17.7 Å². The average Bonchev–Trinajstić information content (AvgIpc) is 3.53. The number of nitrogens with two attached hydrogens (primary N) is 1. The maximum absolute atomic E-state index is 14.1. The first-order valence-electron chi connectivity index (χ1n) is 14.7. The lowest BCUT2D eigenvalue weighted by Gasteiger charge is -2.29. The SMILES string of the molecule is C[C@H](NP(=O)(OC[C@@]1(C#N)O[C@@H](c2ccc3c(N)ncnn23)[C@H](O)[C@@H]1O)Oc1ccccc1)C(=O)OC1CCCCCCC1. The second-order valence-electron chi connectivity index (χ2n) is 11.1. The summed E-state index contributed by atoms with van der Waals surface area (Å²) in [5.74, 6) is -0.279. The van der Waals surface area contributed by atoms with Crippen molar-refractivity contribution in [3.05, 3.63) is 54.5 Å². The van der Waals surface area contributed by atoms with Crippen molar-refractivity contribution in [3.63, 3.8) is 0 Å². The van der Waals surface area contributed by atoms with Gasteiger partial charge in [0.05, 0.1) is 5.69 Å². The Bertz CT molecular complexity index is 1530. The van der Waals surface area contributed by atoms with Gasteiger partial charge in [-0.15, -0.1) is 0 Å². The third kappa shape index (κ3) is 6.89. The zero-order chi connectivity index (χ0) is 31.3. The van der Waals surface area contributed by atoms with Crippen LogP contribution in [0.1, 0.15) is 63.7 Å². The molecule has 236 valence electrons. The van der Waals surface area contributed by atoms with Crippen LogP contribution in [0.4, 0.5) is 5.82 Å². The van der Waals surface area contributed by atoms with Gasteiger partial charge in [0.15, 0.2) is 5.82 Å². The van der Waals surface area contributed by atoms with Crippen LogP contribution in [0.25, 0.3) is 5.52 Å². The standard InChI is InChI=1S/C29H37N6O8P/c1-19(28(38)41-20-10-6-3-2-4-7-11-20)34-44(39,43-21-12-8-5-9-13-21)40-17-29(16-30)26(37)24(36)25(42-29)22-14-15-23-27(31)32-18-33-35(22)23/h5,8-9,12-15,18-20,24-26,36-37H,2-4,6-7,10-11,17H2,1H3,(H,34,39)(H2,31,32,33)/t19-,24-,25-,26-,29+,44?/m0/s1. The van der Waals surface area contributed by atoms with E-state index in [1.807, 2.05) is 6.07 Å². The van der Waals surface area contributed by atoms with Crippen LogP contribution in [0.15, 0.2) is 48.8 Å². The Morgan fingerprint density at radius 2 is 1.91 bits per heavy atom. The molecule has 1 saturated heterocycles. The third-order valence-corrected chi connectivity index (χ3v) is 9.52. The number of nitrogens with one attached hydrogen (secondary N) is 1. The molecule has 2 aliphatic rings. The highest BCUT2D eigenvalue weighted by Gasteiger charge is 2.57. The summed E-state index contributed by atoms with van der Waals surface area (Å²) >= 11 is 0. The van der Waals surface area contributed by atoms with Gasteiger partial charge < -0.3 is 29.9 Å². The van der Waals surface area contributed by atoms with Gasteiger partial charge in [-0.3, -0.25) is 9.32 Å². The van der Waals surface area contributed by atoms with Gasteiger partial charge in [-0.25, -0.2) is 14.1 Å². The van der Waals surface area contributed by atoms with Gasteiger partial charge in [0.25, 0.3) is 0 Å². The summed E-state index contributed by atoms with van der Waals surface area (Å²) in [5, 5.41) is 38.9. The molecule has 0 radical (unpaired) electrons. The number of aromatic nitrogens is 3. The van der Waals surface area contributed by atoms with E-state index in [9.17, 15) is 24.8 Å². The predicted octanol–water partition coefficient (Wildman–Crippen LogP) is 3.20. The van der Waals surface area contributed by atoms with Gasteiger partial charge in [-0.2, -0.15) is 15.4 Å².